The molecule has 1 heterocycles. The van der Waals surface area contributed by atoms with Gasteiger partial charge in [-0.05, 0) is 25.1 Å². The van der Waals surface area contributed by atoms with E-state index >= 15 is 0 Å². The van der Waals surface area contributed by atoms with Gasteiger partial charge in [-0.25, -0.2) is 4.98 Å². The Morgan fingerprint density at radius 2 is 1.92 bits per heavy atom. The Labute approximate surface area is 154 Å². The Hall–Kier alpha value is -2.96. The summed E-state index contributed by atoms with van der Waals surface area (Å²) in [5, 5.41) is 6.49. The molecule has 0 spiro atoms. The number of guanidine groups is 1. The molecule has 26 heavy (non-hydrogen) atoms. The predicted octanol–water partition coefficient (Wildman–Crippen LogP) is 2.23. The summed E-state index contributed by atoms with van der Waals surface area (Å²) >= 11 is 0. The number of hydrogen-bond donors (Lipinski definition) is 2. The highest BCUT2D eigenvalue weighted by Gasteiger charge is 2.08. The fraction of sp³-hybridized carbons (Fsp3) is 0.368. The summed E-state index contributed by atoms with van der Waals surface area (Å²) in [6.45, 7) is 3.15. The van der Waals surface area contributed by atoms with E-state index in [1.807, 2.05) is 43.3 Å². The number of benzene rings is 1. The van der Waals surface area contributed by atoms with Crippen LogP contribution in [0.15, 0.2) is 47.6 Å². The molecule has 0 aliphatic rings. The van der Waals surface area contributed by atoms with Crippen molar-refractivity contribution in [3.8, 4) is 17.4 Å². The number of nitrogens with one attached hydrogen (secondary N) is 2. The van der Waals surface area contributed by atoms with Crippen LogP contribution in [0.25, 0.3) is 0 Å². The zero-order chi connectivity index (χ0) is 18.8. The molecule has 0 saturated heterocycles. The van der Waals surface area contributed by atoms with E-state index in [1.165, 1.54) is 0 Å². The van der Waals surface area contributed by atoms with Gasteiger partial charge in [-0.3, -0.25) is 4.99 Å². The van der Waals surface area contributed by atoms with Crippen molar-refractivity contribution < 1.29 is 14.2 Å². The maximum absolute atomic E-state index is 5.90. The molecule has 1 unspecified atom stereocenters. The first-order chi connectivity index (χ1) is 12.7. The van der Waals surface area contributed by atoms with Crippen LogP contribution in [0, 0.1) is 0 Å². The van der Waals surface area contributed by atoms with Gasteiger partial charge < -0.3 is 24.8 Å². The van der Waals surface area contributed by atoms with Crippen LogP contribution < -0.4 is 24.8 Å². The van der Waals surface area contributed by atoms with Gasteiger partial charge in [0.25, 0.3) is 0 Å². The number of methoxy groups -OCH3 is 2. The van der Waals surface area contributed by atoms with Gasteiger partial charge in [0.1, 0.15) is 17.6 Å². The Balaban J connectivity index is 1.82. The number of aromatic nitrogens is 1. The molecule has 7 nitrogen and oxygen atoms in total. The molecule has 2 N–H and O–H groups in total. The van der Waals surface area contributed by atoms with Crippen LogP contribution in [0.5, 0.6) is 17.4 Å². The quantitative estimate of drug-likeness (QED) is 0.557. The second kappa shape index (κ2) is 10.1. The summed E-state index contributed by atoms with van der Waals surface area (Å²) < 4.78 is 16.4. The van der Waals surface area contributed by atoms with Crippen LogP contribution >= 0.6 is 0 Å². The van der Waals surface area contributed by atoms with Gasteiger partial charge >= 0.3 is 0 Å². The fourth-order valence-electron chi connectivity index (χ4n) is 2.33. The third kappa shape index (κ3) is 5.84. The highest BCUT2D eigenvalue weighted by molar-refractivity contribution is 5.79. The summed E-state index contributed by atoms with van der Waals surface area (Å²) in [6.07, 6.45) is 1.65. The fourth-order valence-corrected chi connectivity index (χ4v) is 2.33. The summed E-state index contributed by atoms with van der Waals surface area (Å²) in [7, 11) is 4.97. The van der Waals surface area contributed by atoms with E-state index in [2.05, 4.69) is 20.6 Å². The molecule has 1 atom stereocenters. The molecule has 7 heteroatoms. The van der Waals surface area contributed by atoms with E-state index in [0.717, 1.165) is 17.1 Å². The van der Waals surface area contributed by atoms with Gasteiger partial charge in [0.15, 0.2) is 5.96 Å². The lowest BCUT2D eigenvalue weighted by atomic mass is 10.2. The maximum atomic E-state index is 5.90. The molecule has 1 aromatic heterocycles. The second-order valence-corrected chi connectivity index (χ2v) is 5.59. The number of rotatable bonds is 8. The Bertz CT molecular complexity index is 721. The van der Waals surface area contributed by atoms with Crippen molar-refractivity contribution >= 4 is 5.96 Å². The first-order valence-corrected chi connectivity index (χ1v) is 8.39. The van der Waals surface area contributed by atoms with Crippen LogP contribution in [0.1, 0.15) is 12.5 Å². The molecule has 0 aliphatic carbocycles. The van der Waals surface area contributed by atoms with Crippen molar-refractivity contribution in [2.24, 2.45) is 4.99 Å². The zero-order valence-electron chi connectivity index (χ0n) is 15.7. The van der Waals surface area contributed by atoms with E-state index in [4.69, 9.17) is 14.2 Å². The first-order valence-electron chi connectivity index (χ1n) is 8.39. The zero-order valence-corrected chi connectivity index (χ0v) is 15.7. The number of pyridine rings is 1. The monoisotopic (exact) mass is 358 g/mol. The first kappa shape index (κ1) is 19.4. The molecule has 0 saturated carbocycles. The minimum absolute atomic E-state index is 0.0476. The Morgan fingerprint density at radius 1 is 1.12 bits per heavy atom. The Kier molecular flexibility index (Phi) is 7.54. The van der Waals surface area contributed by atoms with E-state index in [-0.39, 0.29) is 6.10 Å². The van der Waals surface area contributed by atoms with E-state index < -0.39 is 0 Å². The van der Waals surface area contributed by atoms with Crippen LogP contribution in [0.3, 0.4) is 0 Å². The van der Waals surface area contributed by atoms with Crippen LogP contribution in [-0.4, -0.2) is 44.9 Å². The topological polar surface area (TPSA) is 77.0 Å². The third-order valence-corrected chi connectivity index (χ3v) is 3.65. The smallest absolute Gasteiger partial charge is 0.218 e. The van der Waals surface area contributed by atoms with Crippen LogP contribution in [-0.2, 0) is 6.54 Å². The molecule has 0 fully saturated rings. The largest absolute Gasteiger partial charge is 0.497 e. The number of nitrogens with zero attached hydrogens (tertiary/aromatic N) is 2. The van der Waals surface area contributed by atoms with Gasteiger partial charge in [0.2, 0.25) is 5.88 Å². The average molecular weight is 358 g/mol. The number of ether oxygens (including phenoxy) is 3. The van der Waals surface area contributed by atoms with Crippen molar-refractivity contribution in [3.63, 3.8) is 0 Å². The molecule has 2 aromatic rings. The lowest BCUT2D eigenvalue weighted by Gasteiger charge is -2.18. The van der Waals surface area contributed by atoms with Gasteiger partial charge in [-0.1, -0.05) is 12.1 Å². The summed E-state index contributed by atoms with van der Waals surface area (Å²) in [5.41, 5.74) is 0.957. The minimum Gasteiger partial charge on any atom is -0.497 e. The van der Waals surface area contributed by atoms with Gasteiger partial charge in [0.05, 0.1) is 20.8 Å². The normalized spacial score (nSPS) is 12.2. The van der Waals surface area contributed by atoms with Crippen molar-refractivity contribution in [3.05, 3.63) is 48.2 Å². The molecular weight excluding hydrogens is 332 g/mol. The molecule has 1 aromatic carbocycles. The molecule has 2 rings (SSSR count). The van der Waals surface area contributed by atoms with Crippen molar-refractivity contribution in [1.29, 1.82) is 0 Å². The van der Waals surface area contributed by atoms with E-state index in [0.29, 0.717) is 24.9 Å². The molecule has 0 amide bonds. The summed E-state index contributed by atoms with van der Waals surface area (Å²) in [5.74, 6) is 2.81. The average Bonchev–Trinajstić information content (AvgIpc) is 2.68. The molecule has 0 aliphatic heterocycles. The van der Waals surface area contributed by atoms with Gasteiger partial charge in [-0.2, -0.15) is 0 Å². The lowest BCUT2D eigenvalue weighted by molar-refractivity contribution is 0.223. The number of hydrogen-bond acceptors (Lipinski definition) is 5. The Morgan fingerprint density at radius 3 is 2.65 bits per heavy atom. The SMILES string of the molecule is CN=C(NCc1cccnc1OC)NCC(C)Oc1cccc(OC)c1. The van der Waals surface area contributed by atoms with Crippen LogP contribution in [0.2, 0.25) is 0 Å². The summed E-state index contributed by atoms with van der Waals surface area (Å²) in [6, 6.07) is 11.4. The van der Waals surface area contributed by atoms with Crippen molar-refractivity contribution in [2.75, 3.05) is 27.8 Å². The minimum atomic E-state index is -0.0476. The van der Waals surface area contributed by atoms with Crippen molar-refractivity contribution in [2.45, 2.75) is 19.6 Å². The highest BCUT2D eigenvalue weighted by Crippen LogP contribution is 2.19. The predicted molar refractivity (Wildman–Crippen MR) is 102 cm³/mol. The van der Waals surface area contributed by atoms with E-state index in [1.54, 1.807) is 27.5 Å². The second-order valence-electron chi connectivity index (χ2n) is 5.59. The molecular formula is C19H26N4O3. The standard InChI is InChI=1S/C19H26N4O3/c1-14(26-17-9-5-8-16(11-17)24-3)12-22-19(20-2)23-13-15-7-6-10-21-18(15)25-4/h5-11,14H,12-13H2,1-4H3,(H2,20,22,23). The van der Waals surface area contributed by atoms with Crippen molar-refractivity contribution in [1.82, 2.24) is 15.6 Å². The van der Waals surface area contributed by atoms with Gasteiger partial charge in [-0.15, -0.1) is 0 Å². The summed E-state index contributed by atoms with van der Waals surface area (Å²) in [4.78, 5) is 8.41. The lowest BCUT2D eigenvalue weighted by Crippen LogP contribution is -2.41. The highest BCUT2D eigenvalue weighted by atomic mass is 16.5. The molecule has 0 bridgehead atoms. The van der Waals surface area contributed by atoms with Gasteiger partial charge in [0, 0.05) is 31.4 Å². The van der Waals surface area contributed by atoms with E-state index in [9.17, 15) is 0 Å². The number of aliphatic imine (C=N–C) groups is 1. The molecule has 140 valence electrons. The van der Waals surface area contributed by atoms with Crippen LogP contribution in [0.4, 0.5) is 0 Å². The maximum Gasteiger partial charge on any atom is 0.218 e. The molecule has 0 radical (unpaired) electrons. The third-order valence-electron chi connectivity index (χ3n) is 3.65.